The number of primary amides is 2. The Hall–Kier alpha value is -1.79. The zero-order valence-electron chi connectivity index (χ0n) is 11.7. The molecule has 0 aromatic carbocycles. The minimum absolute atomic E-state index is 0.0554. The molecule has 4 amide bonds. The van der Waals surface area contributed by atoms with Gasteiger partial charge >= 0.3 is 6.03 Å². The zero-order valence-corrected chi connectivity index (χ0v) is 11.7. The van der Waals surface area contributed by atoms with Crippen molar-refractivity contribution < 1.29 is 14.4 Å². The number of carbonyl (C=O) groups is 3. The second-order valence-corrected chi connectivity index (χ2v) is 5.08. The molecule has 0 fully saturated rings. The van der Waals surface area contributed by atoms with E-state index >= 15 is 0 Å². The summed E-state index contributed by atoms with van der Waals surface area (Å²) in [5.74, 6) is -1.33. The van der Waals surface area contributed by atoms with Gasteiger partial charge in [0.05, 0.1) is 0 Å². The summed E-state index contributed by atoms with van der Waals surface area (Å²) in [7, 11) is 0. The van der Waals surface area contributed by atoms with Crippen molar-refractivity contribution in [1.29, 1.82) is 0 Å². The summed E-state index contributed by atoms with van der Waals surface area (Å²) >= 11 is 0. The molecule has 110 valence electrons. The Morgan fingerprint density at radius 2 is 1.47 bits per heavy atom. The Morgan fingerprint density at radius 1 is 0.947 bits per heavy atom. The number of rotatable bonds is 8. The number of hydrogen-bond acceptors (Lipinski definition) is 3. The average molecular weight is 272 g/mol. The first-order valence-corrected chi connectivity index (χ1v) is 6.39. The summed E-state index contributed by atoms with van der Waals surface area (Å²) in [6.07, 6.45) is 2.90. The van der Waals surface area contributed by atoms with Gasteiger partial charge in [0.2, 0.25) is 11.8 Å². The highest BCUT2D eigenvalue weighted by Crippen LogP contribution is 2.08. The van der Waals surface area contributed by atoms with E-state index in [1.165, 1.54) is 0 Å². The lowest BCUT2D eigenvalue weighted by molar-refractivity contribution is -0.128. The van der Waals surface area contributed by atoms with E-state index in [1.807, 2.05) is 6.92 Å². The minimum atomic E-state index is -1.48. The number of urea groups is 1. The molecule has 19 heavy (non-hydrogen) atoms. The van der Waals surface area contributed by atoms with Crippen LogP contribution >= 0.6 is 0 Å². The molecule has 6 N–H and O–H groups in total. The SMILES string of the molecule is CC(C)CCCC(C)NC(=O)NC(C(N)=O)C(N)=O. The molecule has 1 unspecified atom stereocenters. The van der Waals surface area contributed by atoms with Gasteiger partial charge in [-0.2, -0.15) is 0 Å². The fourth-order valence-corrected chi connectivity index (χ4v) is 1.58. The van der Waals surface area contributed by atoms with Gasteiger partial charge < -0.3 is 22.1 Å². The molecule has 7 heteroatoms. The lowest BCUT2D eigenvalue weighted by Gasteiger charge is -2.17. The maximum Gasteiger partial charge on any atom is 0.316 e. The lowest BCUT2D eigenvalue weighted by atomic mass is 10.0. The van der Waals surface area contributed by atoms with Crippen LogP contribution in [0.25, 0.3) is 0 Å². The predicted molar refractivity (Wildman–Crippen MR) is 72.0 cm³/mol. The van der Waals surface area contributed by atoms with E-state index in [4.69, 9.17) is 11.5 Å². The third-order valence-electron chi connectivity index (χ3n) is 2.64. The Morgan fingerprint density at radius 3 is 1.89 bits per heavy atom. The van der Waals surface area contributed by atoms with Gasteiger partial charge in [-0.1, -0.05) is 26.7 Å². The third kappa shape index (κ3) is 8.01. The molecule has 7 nitrogen and oxygen atoms in total. The van der Waals surface area contributed by atoms with Crippen molar-refractivity contribution in [2.24, 2.45) is 17.4 Å². The Kier molecular flexibility index (Phi) is 7.55. The highest BCUT2D eigenvalue weighted by atomic mass is 16.2. The van der Waals surface area contributed by atoms with E-state index in [0.717, 1.165) is 19.3 Å². The normalized spacial score (nSPS) is 12.3. The fourth-order valence-electron chi connectivity index (χ4n) is 1.58. The summed E-state index contributed by atoms with van der Waals surface area (Å²) in [6, 6.07) is -2.16. The first-order valence-electron chi connectivity index (χ1n) is 6.39. The molecule has 0 aromatic heterocycles. The van der Waals surface area contributed by atoms with Gasteiger partial charge in [0, 0.05) is 6.04 Å². The van der Waals surface area contributed by atoms with E-state index in [9.17, 15) is 14.4 Å². The molecule has 0 radical (unpaired) electrons. The van der Waals surface area contributed by atoms with Gasteiger partial charge in [-0.15, -0.1) is 0 Å². The van der Waals surface area contributed by atoms with Crippen molar-refractivity contribution in [2.45, 2.75) is 52.1 Å². The lowest BCUT2D eigenvalue weighted by Crippen LogP contribution is -2.55. The first kappa shape index (κ1) is 17.2. The Balaban J connectivity index is 4.08. The standard InChI is InChI=1S/C12H24N4O3/c1-7(2)5-4-6-8(3)15-12(19)16-9(10(13)17)11(14)18/h7-9H,4-6H2,1-3H3,(H2,13,17)(H2,14,18)(H2,15,16,19). The molecule has 0 saturated heterocycles. The Labute approximate surface area is 113 Å². The van der Waals surface area contributed by atoms with Crippen molar-refractivity contribution in [3.8, 4) is 0 Å². The second kappa shape index (κ2) is 8.34. The summed E-state index contributed by atoms with van der Waals surface area (Å²) < 4.78 is 0. The van der Waals surface area contributed by atoms with E-state index in [2.05, 4.69) is 24.5 Å². The van der Waals surface area contributed by atoms with Crippen LogP contribution in [0.5, 0.6) is 0 Å². The van der Waals surface area contributed by atoms with Crippen LogP contribution in [0.3, 0.4) is 0 Å². The topological polar surface area (TPSA) is 127 Å². The number of amides is 4. The summed E-state index contributed by atoms with van der Waals surface area (Å²) in [5, 5.41) is 4.78. The maximum absolute atomic E-state index is 11.5. The fraction of sp³-hybridized carbons (Fsp3) is 0.750. The summed E-state index contributed by atoms with van der Waals surface area (Å²) in [6.45, 7) is 6.12. The van der Waals surface area contributed by atoms with Crippen molar-refractivity contribution in [2.75, 3.05) is 0 Å². The summed E-state index contributed by atoms with van der Waals surface area (Å²) in [4.78, 5) is 33.3. The highest BCUT2D eigenvalue weighted by molar-refractivity contribution is 6.05. The quantitative estimate of drug-likeness (QED) is 0.458. The molecule has 0 aliphatic carbocycles. The van der Waals surface area contributed by atoms with Gasteiger partial charge in [0.1, 0.15) is 0 Å². The van der Waals surface area contributed by atoms with Gasteiger partial charge in [0.25, 0.3) is 0 Å². The van der Waals surface area contributed by atoms with Crippen LogP contribution < -0.4 is 22.1 Å². The molecule has 0 saturated carbocycles. The molecule has 1 atom stereocenters. The van der Waals surface area contributed by atoms with Crippen LogP contribution in [0.15, 0.2) is 0 Å². The van der Waals surface area contributed by atoms with Crippen molar-refractivity contribution >= 4 is 17.8 Å². The number of carbonyl (C=O) groups excluding carboxylic acids is 3. The number of nitrogens with one attached hydrogen (secondary N) is 2. The molecule has 0 rings (SSSR count). The molecular formula is C12H24N4O3. The van der Waals surface area contributed by atoms with Gasteiger partial charge in [-0.05, 0) is 19.3 Å². The molecule has 0 aliphatic heterocycles. The van der Waals surface area contributed by atoms with E-state index in [-0.39, 0.29) is 6.04 Å². The summed E-state index contributed by atoms with van der Waals surface area (Å²) in [5.41, 5.74) is 9.90. The molecule has 0 heterocycles. The average Bonchev–Trinajstić information content (AvgIpc) is 2.24. The highest BCUT2D eigenvalue weighted by Gasteiger charge is 2.24. The zero-order chi connectivity index (χ0) is 15.0. The van der Waals surface area contributed by atoms with Crippen molar-refractivity contribution in [3.05, 3.63) is 0 Å². The van der Waals surface area contributed by atoms with Crippen LogP contribution in [0.4, 0.5) is 4.79 Å². The molecule has 0 aromatic rings. The second-order valence-electron chi connectivity index (χ2n) is 5.08. The molecule has 0 bridgehead atoms. The van der Waals surface area contributed by atoms with Crippen LogP contribution in [0.2, 0.25) is 0 Å². The van der Waals surface area contributed by atoms with Crippen molar-refractivity contribution in [3.63, 3.8) is 0 Å². The van der Waals surface area contributed by atoms with E-state index < -0.39 is 23.9 Å². The molecule has 0 spiro atoms. The Bertz CT molecular complexity index is 317. The van der Waals surface area contributed by atoms with Crippen LogP contribution in [0, 0.1) is 5.92 Å². The van der Waals surface area contributed by atoms with Gasteiger partial charge in [-0.25, -0.2) is 4.79 Å². The smallest absolute Gasteiger partial charge is 0.316 e. The van der Waals surface area contributed by atoms with E-state index in [1.54, 1.807) is 0 Å². The minimum Gasteiger partial charge on any atom is -0.367 e. The third-order valence-corrected chi connectivity index (χ3v) is 2.64. The number of nitrogens with two attached hydrogens (primary N) is 2. The predicted octanol–water partition coefficient (Wildman–Crippen LogP) is -0.160. The van der Waals surface area contributed by atoms with Crippen LogP contribution in [0.1, 0.15) is 40.0 Å². The van der Waals surface area contributed by atoms with E-state index in [0.29, 0.717) is 5.92 Å². The number of hydrogen-bond donors (Lipinski definition) is 4. The van der Waals surface area contributed by atoms with Crippen LogP contribution in [-0.4, -0.2) is 29.9 Å². The molecule has 0 aliphatic rings. The molecular weight excluding hydrogens is 248 g/mol. The monoisotopic (exact) mass is 272 g/mol. The van der Waals surface area contributed by atoms with Gasteiger partial charge in [-0.3, -0.25) is 9.59 Å². The first-order chi connectivity index (χ1) is 8.73. The van der Waals surface area contributed by atoms with Gasteiger partial charge in [0.15, 0.2) is 6.04 Å². The van der Waals surface area contributed by atoms with Crippen molar-refractivity contribution in [1.82, 2.24) is 10.6 Å². The maximum atomic E-state index is 11.5. The largest absolute Gasteiger partial charge is 0.367 e. The van der Waals surface area contributed by atoms with Crippen LogP contribution in [-0.2, 0) is 9.59 Å².